The second-order valence-corrected chi connectivity index (χ2v) is 16.1. The van der Waals surface area contributed by atoms with Crippen molar-refractivity contribution in [3.8, 4) is 0 Å². The number of carbonyl (C=O) groups is 2. The maximum atomic E-state index is 12.6. The molecule has 0 heterocycles. The van der Waals surface area contributed by atoms with E-state index >= 15 is 0 Å². The molecule has 0 aliphatic carbocycles. The molecule has 1 N–H and O–H groups in total. The lowest BCUT2D eigenvalue weighted by atomic mass is 10.1. The van der Waals surface area contributed by atoms with Gasteiger partial charge >= 0.3 is 19.8 Å². The summed E-state index contributed by atoms with van der Waals surface area (Å²) >= 11 is 0. The van der Waals surface area contributed by atoms with E-state index in [0.29, 0.717) is 23.9 Å². The molecule has 0 amide bonds. The van der Waals surface area contributed by atoms with E-state index in [0.717, 1.165) is 38.5 Å². The molecular formula is C42H77NO8P+. The Morgan fingerprint density at radius 1 is 0.596 bits per heavy atom. The number of ether oxygens (including phenoxy) is 2. The molecule has 0 aliphatic rings. The molecule has 9 nitrogen and oxygen atoms in total. The Kier molecular flexibility index (Phi) is 33.4. The maximum absolute atomic E-state index is 12.6. The van der Waals surface area contributed by atoms with Crippen molar-refractivity contribution in [1.29, 1.82) is 0 Å². The average Bonchev–Trinajstić information content (AvgIpc) is 3.09. The zero-order valence-electron chi connectivity index (χ0n) is 33.8. The first kappa shape index (κ1) is 50.0. The van der Waals surface area contributed by atoms with Crippen LogP contribution in [0, 0.1) is 0 Å². The van der Waals surface area contributed by atoms with Crippen molar-refractivity contribution in [2.75, 3.05) is 47.5 Å². The highest BCUT2D eigenvalue weighted by molar-refractivity contribution is 7.47. The second-order valence-electron chi connectivity index (χ2n) is 14.7. The van der Waals surface area contributed by atoms with E-state index < -0.39 is 26.5 Å². The highest BCUT2D eigenvalue weighted by Gasteiger charge is 2.27. The Morgan fingerprint density at radius 2 is 1.06 bits per heavy atom. The lowest BCUT2D eigenvalue weighted by Gasteiger charge is -2.24. The van der Waals surface area contributed by atoms with E-state index in [4.69, 9.17) is 18.5 Å². The lowest BCUT2D eigenvalue weighted by Crippen LogP contribution is -2.37. The van der Waals surface area contributed by atoms with E-state index in [2.05, 4.69) is 56.4 Å². The third-order valence-electron chi connectivity index (χ3n) is 8.36. The number of rotatable bonds is 36. The molecule has 52 heavy (non-hydrogen) atoms. The quantitative estimate of drug-likeness (QED) is 0.0221. The molecule has 0 aromatic rings. The number of nitrogens with zero attached hydrogens (tertiary/aromatic N) is 1. The molecule has 0 aromatic carbocycles. The Morgan fingerprint density at radius 3 is 1.60 bits per heavy atom. The van der Waals surface area contributed by atoms with Crippen LogP contribution in [0.1, 0.15) is 155 Å². The Balaban J connectivity index is 4.52. The van der Waals surface area contributed by atoms with Gasteiger partial charge in [0, 0.05) is 12.8 Å². The minimum absolute atomic E-state index is 0.0210. The van der Waals surface area contributed by atoms with Crippen LogP contribution in [0.5, 0.6) is 0 Å². The minimum Gasteiger partial charge on any atom is -0.462 e. The van der Waals surface area contributed by atoms with Crippen LogP contribution in [0.25, 0.3) is 0 Å². The Labute approximate surface area is 318 Å². The zero-order chi connectivity index (χ0) is 38.6. The zero-order valence-corrected chi connectivity index (χ0v) is 34.7. The number of hydrogen-bond acceptors (Lipinski definition) is 7. The number of phosphoric acid groups is 1. The van der Waals surface area contributed by atoms with Gasteiger partial charge in [-0.15, -0.1) is 0 Å². The number of allylic oxidation sites excluding steroid dienone is 8. The predicted molar refractivity (Wildman–Crippen MR) is 215 cm³/mol. The van der Waals surface area contributed by atoms with Gasteiger partial charge in [-0.25, -0.2) is 4.57 Å². The molecule has 1 unspecified atom stereocenters. The van der Waals surface area contributed by atoms with E-state index in [9.17, 15) is 19.0 Å². The molecule has 2 atom stereocenters. The van der Waals surface area contributed by atoms with Crippen LogP contribution in [0.15, 0.2) is 48.6 Å². The number of hydrogen-bond donors (Lipinski definition) is 1. The number of unbranched alkanes of at least 4 members (excludes halogenated alkanes) is 14. The van der Waals surface area contributed by atoms with Gasteiger partial charge in [0.2, 0.25) is 0 Å². The maximum Gasteiger partial charge on any atom is 0.472 e. The molecule has 0 radical (unpaired) electrons. The van der Waals surface area contributed by atoms with Crippen molar-refractivity contribution in [2.45, 2.75) is 161 Å². The van der Waals surface area contributed by atoms with Crippen LogP contribution in [0.4, 0.5) is 0 Å². The summed E-state index contributed by atoms with van der Waals surface area (Å²) in [7, 11) is 1.44. The van der Waals surface area contributed by atoms with E-state index in [-0.39, 0.29) is 32.0 Å². The van der Waals surface area contributed by atoms with Crippen molar-refractivity contribution in [3.63, 3.8) is 0 Å². The molecule has 302 valence electrons. The summed E-state index contributed by atoms with van der Waals surface area (Å²) in [6, 6.07) is 0. The van der Waals surface area contributed by atoms with Gasteiger partial charge in [0.25, 0.3) is 0 Å². The summed E-state index contributed by atoms with van der Waals surface area (Å²) in [6.07, 6.45) is 38.8. The van der Waals surface area contributed by atoms with Crippen LogP contribution in [0.2, 0.25) is 0 Å². The fraction of sp³-hybridized carbons (Fsp3) is 0.762. The number of esters is 2. The SMILES string of the molecule is CCCCC/C=C/C/C=C/C/C=C/C/C=C/CCCC(=O)O[C@H](COC(=O)CCCCCCCCCCCCC)COP(=O)(O)OCC[N+](C)(C)C. The van der Waals surface area contributed by atoms with Gasteiger partial charge in [0.1, 0.15) is 19.8 Å². The summed E-state index contributed by atoms with van der Waals surface area (Å²) in [6.45, 7) is 4.30. The fourth-order valence-electron chi connectivity index (χ4n) is 5.12. The average molecular weight is 755 g/mol. The monoisotopic (exact) mass is 755 g/mol. The summed E-state index contributed by atoms with van der Waals surface area (Å²) < 4.78 is 34.1. The first-order valence-electron chi connectivity index (χ1n) is 20.4. The van der Waals surface area contributed by atoms with Crippen molar-refractivity contribution < 1.29 is 42.1 Å². The van der Waals surface area contributed by atoms with Crippen molar-refractivity contribution in [1.82, 2.24) is 0 Å². The molecule has 0 bridgehead atoms. The van der Waals surface area contributed by atoms with Crippen LogP contribution in [-0.2, 0) is 32.7 Å². The number of quaternary nitrogens is 1. The molecule has 10 heteroatoms. The van der Waals surface area contributed by atoms with E-state index in [1.54, 1.807) is 0 Å². The Hall–Kier alpha value is -2.03. The first-order valence-corrected chi connectivity index (χ1v) is 21.9. The van der Waals surface area contributed by atoms with E-state index in [1.165, 1.54) is 77.0 Å². The van der Waals surface area contributed by atoms with Crippen molar-refractivity contribution in [2.24, 2.45) is 0 Å². The third kappa shape index (κ3) is 37.7. The van der Waals surface area contributed by atoms with Crippen molar-refractivity contribution in [3.05, 3.63) is 48.6 Å². The lowest BCUT2D eigenvalue weighted by molar-refractivity contribution is -0.870. The van der Waals surface area contributed by atoms with Gasteiger partial charge in [-0.3, -0.25) is 18.6 Å². The van der Waals surface area contributed by atoms with Gasteiger partial charge in [-0.1, -0.05) is 140 Å². The Bertz CT molecular complexity index is 1030. The van der Waals surface area contributed by atoms with Crippen molar-refractivity contribution >= 4 is 19.8 Å². The number of phosphoric ester groups is 1. The molecule has 0 saturated carbocycles. The van der Waals surface area contributed by atoms with Gasteiger partial charge in [-0.2, -0.15) is 0 Å². The summed E-state index contributed by atoms with van der Waals surface area (Å²) in [5.74, 6) is -0.867. The first-order chi connectivity index (χ1) is 25.0. The summed E-state index contributed by atoms with van der Waals surface area (Å²) in [5, 5.41) is 0. The summed E-state index contributed by atoms with van der Waals surface area (Å²) in [4.78, 5) is 35.2. The molecular weight excluding hydrogens is 677 g/mol. The van der Waals surface area contributed by atoms with Crippen LogP contribution in [-0.4, -0.2) is 74.9 Å². The standard InChI is InChI=1S/C42H76NO8P/c1-6-8-10-12-14-16-18-19-20-21-22-23-25-27-29-31-33-35-42(45)51-40(39-50-52(46,47)49-37-36-43(3,4)5)38-48-41(44)34-32-30-28-26-24-17-15-13-11-9-7-2/h14,16,19-20,22-23,27,29,40H,6-13,15,17-18,21,24-26,28,30-39H2,1-5H3/p+1/b16-14+,20-19+,23-22+,29-27+/t40-/m1/s1. The minimum atomic E-state index is -4.38. The molecule has 0 aromatic heterocycles. The number of carbonyl (C=O) groups excluding carboxylic acids is 2. The van der Waals surface area contributed by atoms with Crippen LogP contribution in [0.3, 0.4) is 0 Å². The van der Waals surface area contributed by atoms with Crippen LogP contribution >= 0.6 is 7.82 Å². The van der Waals surface area contributed by atoms with Gasteiger partial charge < -0.3 is 18.9 Å². The highest BCUT2D eigenvalue weighted by atomic mass is 31.2. The van der Waals surface area contributed by atoms with Crippen LogP contribution < -0.4 is 0 Å². The van der Waals surface area contributed by atoms with Gasteiger partial charge in [-0.05, 0) is 51.4 Å². The normalized spacial score (nSPS) is 14.2. The highest BCUT2D eigenvalue weighted by Crippen LogP contribution is 2.43. The molecule has 0 saturated heterocycles. The van der Waals surface area contributed by atoms with Gasteiger partial charge in [0.05, 0.1) is 27.7 Å². The molecule has 0 fully saturated rings. The predicted octanol–water partition coefficient (Wildman–Crippen LogP) is 11.1. The largest absolute Gasteiger partial charge is 0.472 e. The molecule has 0 rings (SSSR count). The van der Waals surface area contributed by atoms with Gasteiger partial charge in [0.15, 0.2) is 6.10 Å². The molecule has 0 spiro atoms. The smallest absolute Gasteiger partial charge is 0.462 e. The third-order valence-corrected chi connectivity index (χ3v) is 9.35. The topological polar surface area (TPSA) is 108 Å². The fourth-order valence-corrected chi connectivity index (χ4v) is 5.86. The number of likely N-dealkylation sites (N-methyl/N-ethyl adjacent to an activating group) is 1. The second kappa shape index (κ2) is 34.7. The van der Waals surface area contributed by atoms with E-state index in [1.807, 2.05) is 27.2 Å². The summed E-state index contributed by atoms with van der Waals surface area (Å²) in [5.41, 5.74) is 0. The molecule has 0 aliphatic heterocycles.